The molecular formula is C26H33N3O3. The van der Waals surface area contributed by atoms with E-state index in [1.54, 1.807) is 6.08 Å². The van der Waals surface area contributed by atoms with Crippen molar-refractivity contribution >= 4 is 29.0 Å². The fourth-order valence-corrected chi connectivity index (χ4v) is 4.05. The van der Waals surface area contributed by atoms with Crippen molar-refractivity contribution in [3.8, 4) is 0 Å². The van der Waals surface area contributed by atoms with Gasteiger partial charge in [-0.1, -0.05) is 38.1 Å². The Morgan fingerprint density at radius 2 is 1.53 bits per heavy atom. The molecule has 4 rings (SSSR count). The lowest BCUT2D eigenvalue weighted by atomic mass is 10.0. The second-order valence-corrected chi connectivity index (χ2v) is 8.54. The predicted octanol–water partition coefficient (Wildman–Crippen LogP) is 4.14. The van der Waals surface area contributed by atoms with E-state index in [1.807, 2.05) is 12.1 Å². The molecule has 0 radical (unpaired) electrons. The minimum atomic E-state index is -0.133. The molecule has 0 unspecified atom stereocenters. The summed E-state index contributed by atoms with van der Waals surface area (Å²) in [6.07, 6.45) is 3.46. The number of amides is 1. The van der Waals surface area contributed by atoms with E-state index < -0.39 is 0 Å². The monoisotopic (exact) mass is 435 g/mol. The highest BCUT2D eigenvalue weighted by Crippen LogP contribution is 2.32. The third kappa shape index (κ3) is 5.69. The van der Waals surface area contributed by atoms with Crippen LogP contribution in [0.4, 0.5) is 17.1 Å². The van der Waals surface area contributed by atoms with Crippen molar-refractivity contribution < 1.29 is 14.3 Å². The van der Waals surface area contributed by atoms with E-state index in [-0.39, 0.29) is 5.91 Å². The summed E-state index contributed by atoms with van der Waals surface area (Å²) in [5.74, 6) is 0.363. The Balaban J connectivity index is 1.50. The highest BCUT2D eigenvalue weighted by molar-refractivity contribution is 6.04. The van der Waals surface area contributed by atoms with E-state index in [0.29, 0.717) is 19.1 Å². The van der Waals surface area contributed by atoms with Gasteiger partial charge in [-0.05, 0) is 41.3 Å². The lowest BCUT2D eigenvalue weighted by Gasteiger charge is -2.33. The number of carbonyl (C=O) groups is 1. The molecule has 2 aliphatic rings. The first kappa shape index (κ1) is 22.4. The quantitative estimate of drug-likeness (QED) is 0.692. The molecule has 0 atom stereocenters. The van der Waals surface area contributed by atoms with Crippen LogP contribution >= 0.6 is 0 Å². The Morgan fingerprint density at radius 1 is 0.906 bits per heavy atom. The second kappa shape index (κ2) is 10.7. The van der Waals surface area contributed by atoms with Crippen molar-refractivity contribution in [3.63, 3.8) is 0 Å². The molecule has 2 fully saturated rings. The summed E-state index contributed by atoms with van der Waals surface area (Å²) in [6.45, 7) is 10.6. The number of hydrogen-bond donors (Lipinski definition) is 1. The molecule has 2 aliphatic heterocycles. The van der Waals surface area contributed by atoms with E-state index in [2.05, 4.69) is 65.4 Å². The van der Waals surface area contributed by atoms with Gasteiger partial charge in [-0.2, -0.15) is 0 Å². The molecule has 0 aromatic heterocycles. The molecule has 170 valence electrons. The maximum absolute atomic E-state index is 12.7. The van der Waals surface area contributed by atoms with Gasteiger partial charge in [-0.25, -0.2) is 0 Å². The summed E-state index contributed by atoms with van der Waals surface area (Å²) in [5, 5.41) is 3.09. The zero-order valence-electron chi connectivity index (χ0n) is 19.0. The first-order chi connectivity index (χ1) is 15.6. The van der Waals surface area contributed by atoms with Crippen LogP contribution in [0.25, 0.3) is 6.08 Å². The molecule has 32 heavy (non-hydrogen) atoms. The molecule has 2 heterocycles. The molecular weight excluding hydrogens is 402 g/mol. The summed E-state index contributed by atoms with van der Waals surface area (Å²) < 4.78 is 11.0. The molecule has 6 heteroatoms. The van der Waals surface area contributed by atoms with E-state index in [1.165, 1.54) is 5.56 Å². The molecule has 6 nitrogen and oxygen atoms in total. The maximum atomic E-state index is 12.7. The third-order valence-electron chi connectivity index (χ3n) is 6.00. The van der Waals surface area contributed by atoms with Crippen LogP contribution in [0.5, 0.6) is 0 Å². The van der Waals surface area contributed by atoms with Gasteiger partial charge in [0.2, 0.25) is 5.91 Å². The minimum absolute atomic E-state index is 0.133. The Labute approximate surface area is 190 Å². The van der Waals surface area contributed by atoms with Crippen LogP contribution in [0.1, 0.15) is 30.9 Å². The van der Waals surface area contributed by atoms with Crippen molar-refractivity contribution in [1.82, 2.24) is 0 Å². The van der Waals surface area contributed by atoms with Crippen LogP contribution in [0, 0.1) is 0 Å². The van der Waals surface area contributed by atoms with Crippen LogP contribution in [0.15, 0.2) is 48.5 Å². The molecule has 2 aromatic rings. The minimum Gasteiger partial charge on any atom is -0.378 e. The number of hydrogen-bond acceptors (Lipinski definition) is 5. The third-order valence-corrected chi connectivity index (χ3v) is 6.00. The number of rotatable bonds is 6. The summed E-state index contributed by atoms with van der Waals surface area (Å²) in [4.78, 5) is 17.3. The number of anilines is 3. The highest BCUT2D eigenvalue weighted by atomic mass is 16.5. The zero-order chi connectivity index (χ0) is 22.3. The van der Waals surface area contributed by atoms with Gasteiger partial charge in [0.15, 0.2) is 0 Å². The number of nitrogens with zero attached hydrogens (tertiary/aromatic N) is 2. The van der Waals surface area contributed by atoms with Crippen molar-refractivity contribution in [3.05, 3.63) is 59.7 Å². The van der Waals surface area contributed by atoms with Crippen LogP contribution in [0.3, 0.4) is 0 Å². The zero-order valence-corrected chi connectivity index (χ0v) is 19.0. The molecule has 0 spiro atoms. The Morgan fingerprint density at radius 3 is 2.16 bits per heavy atom. The predicted molar refractivity (Wildman–Crippen MR) is 131 cm³/mol. The average molecular weight is 436 g/mol. The fraction of sp³-hybridized carbons (Fsp3) is 0.423. The van der Waals surface area contributed by atoms with Crippen LogP contribution < -0.4 is 15.1 Å². The van der Waals surface area contributed by atoms with Gasteiger partial charge in [0.25, 0.3) is 0 Å². The summed E-state index contributed by atoms with van der Waals surface area (Å²) in [6, 6.07) is 14.6. The lowest BCUT2D eigenvalue weighted by molar-refractivity contribution is -0.111. The SMILES string of the molecule is CC(C)c1ccc(/C=C/C(=O)Nc2ccc(N3CCOCC3)cc2N2CCOCC2)cc1. The smallest absolute Gasteiger partial charge is 0.248 e. The molecule has 0 bridgehead atoms. The molecule has 0 aliphatic carbocycles. The average Bonchev–Trinajstić information content (AvgIpc) is 2.84. The standard InChI is InChI=1S/C26H33N3O3/c1-20(2)22-6-3-21(4-7-22)5-10-26(30)27-24-9-8-23(28-11-15-31-16-12-28)19-25(24)29-13-17-32-18-14-29/h3-10,19-20H,11-18H2,1-2H3,(H,27,30)/b10-5+. The maximum Gasteiger partial charge on any atom is 0.248 e. The van der Waals surface area contributed by atoms with E-state index >= 15 is 0 Å². The Kier molecular flexibility index (Phi) is 7.45. The fourth-order valence-electron chi connectivity index (χ4n) is 4.05. The molecule has 1 N–H and O–H groups in total. The topological polar surface area (TPSA) is 54.0 Å². The lowest BCUT2D eigenvalue weighted by Crippen LogP contribution is -2.38. The molecule has 2 saturated heterocycles. The number of carbonyl (C=O) groups excluding carboxylic acids is 1. The first-order valence-corrected chi connectivity index (χ1v) is 11.5. The summed E-state index contributed by atoms with van der Waals surface area (Å²) in [5.41, 5.74) is 5.34. The van der Waals surface area contributed by atoms with Gasteiger partial charge in [-0.15, -0.1) is 0 Å². The van der Waals surface area contributed by atoms with Crippen molar-refractivity contribution in [2.45, 2.75) is 19.8 Å². The van der Waals surface area contributed by atoms with Gasteiger partial charge in [0.1, 0.15) is 0 Å². The van der Waals surface area contributed by atoms with Gasteiger partial charge in [0, 0.05) is 37.9 Å². The summed E-state index contributed by atoms with van der Waals surface area (Å²) >= 11 is 0. The number of nitrogens with one attached hydrogen (secondary N) is 1. The van der Waals surface area contributed by atoms with Crippen molar-refractivity contribution in [2.24, 2.45) is 0 Å². The van der Waals surface area contributed by atoms with Crippen LogP contribution in [-0.4, -0.2) is 58.5 Å². The van der Waals surface area contributed by atoms with Crippen molar-refractivity contribution in [2.75, 3.05) is 67.7 Å². The summed E-state index contributed by atoms with van der Waals surface area (Å²) in [7, 11) is 0. The van der Waals surface area contributed by atoms with Crippen LogP contribution in [-0.2, 0) is 14.3 Å². The number of morpholine rings is 2. The van der Waals surface area contributed by atoms with Gasteiger partial charge in [-0.3, -0.25) is 4.79 Å². The molecule has 1 amide bonds. The number of benzene rings is 2. The van der Waals surface area contributed by atoms with Gasteiger partial charge in [0.05, 0.1) is 37.8 Å². The van der Waals surface area contributed by atoms with Crippen LogP contribution in [0.2, 0.25) is 0 Å². The normalized spacial score (nSPS) is 17.2. The molecule has 0 saturated carbocycles. The van der Waals surface area contributed by atoms with Gasteiger partial charge >= 0.3 is 0 Å². The van der Waals surface area contributed by atoms with E-state index in [9.17, 15) is 4.79 Å². The van der Waals surface area contributed by atoms with Crippen molar-refractivity contribution in [1.29, 1.82) is 0 Å². The second-order valence-electron chi connectivity index (χ2n) is 8.54. The highest BCUT2D eigenvalue weighted by Gasteiger charge is 2.19. The number of ether oxygens (including phenoxy) is 2. The van der Waals surface area contributed by atoms with Gasteiger partial charge < -0.3 is 24.6 Å². The largest absolute Gasteiger partial charge is 0.378 e. The Bertz CT molecular complexity index is 928. The molecule has 2 aromatic carbocycles. The van der Waals surface area contributed by atoms with E-state index in [4.69, 9.17) is 9.47 Å². The first-order valence-electron chi connectivity index (χ1n) is 11.5. The Hall–Kier alpha value is -2.83. The van der Waals surface area contributed by atoms with E-state index in [0.717, 1.165) is 62.0 Å².